The molecule has 0 radical (unpaired) electrons. The summed E-state index contributed by atoms with van der Waals surface area (Å²) in [5, 5.41) is 3.17. The number of nitrogens with one attached hydrogen (secondary N) is 1. The third kappa shape index (κ3) is 3.40. The molecule has 0 aliphatic carbocycles. The van der Waals surface area contributed by atoms with Crippen LogP contribution in [0.3, 0.4) is 0 Å². The van der Waals surface area contributed by atoms with E-state index in [2.05, 4.69) is 5.32 Å². The van der Waals surface area contributed by atoms with Crippen molar-refractivity contribution in [3.63, 3.8) is 0 Å². The van der Waals surface area contributed by atoms with Crippen molar-refractivity contribution in [3.05, 3.63) is 35.4 Å². The molecule has 3 nitrogen and oxygen atoms in total. The zero-order valence-corrected chi connectivity index (χ0v) is 12.5. The molecule has 1 heterocycles. The van der Waals surface area contributed by atoms with Gasteiger partial charge in [-0.3, -0.25) is 4.79 Å². The predicted molar refractivity (Wildman–Crippen MR) is 78.1 cm³/mol. The molecule has 1 saturated heterocycles. The van der Waals surface area contributed by atoms with Crippen molar-refractivity contribution in [1.29, 1.82) is 0 Å². The summed E-state index contributed by atoms with van der Waals surface area (Å²) in [6.45, 7) is 5.74. The second kappa shape index (κ2) is 6.98. The lowest BCUT2D eigenvalue weighted by Crippen LogP contribution is -2.50. The molecule has 2 atom stereocenters. The fourth-order valence-corrected chi connectivity index (χ4v) is 3.02. The van der Waals surface area contributed by atoms with E-state index in [1.807, 2.05) is 13.8 Å². The lowest BCUT2D eigenvalue weighted by Gasteiger charge is -2.33. The summed E-state index contributed by atoms with van der Waals surface area (Å²) in [6.07, 6.45) is 1.08. The van der Waals surface area contributed by atoms with Crippen molar-refractivity contribution in [2.24, 2.45) is 0 Å². The first-order valence-corrected chi connectivity index (χ1v) is 7.54. The van der Waals surface area contributed by atoms with Crippen LogP contribution in [0.5, 0.6) is 0 Å². The monoisotopic (exact) mass is 296 g/mol. The van der Waals surface area contributed by atoms with Crippen LogP contribution in [0.1, 0.15) is 38.2 Å². The van der Waals surface area contributed by atoms with Crippen molar-refractivity contribution in [2.75, 3.05) is 19.6 Å². The van der Waals surface area contributed by atoms with Crippen molar-refractivity contribution < 1.29 is 13.6 Å². The van der Waals surface area contributed by atoms with Gasteiger partial charge in [-0.05, 0) is 51.3 Å². The number of hydrogen-bond donors (Lipinski definition) is 1. The van der Waals surface area contributed by atoms with Crippen LogP contribution in [0.25, 0.3) is 0 Å². The van der Waals surface area contributed by atoms with E-state index in [0.717, 1.165) is 0 Å². The molecular weight excluding hydrogens is 274 g/mol. The van der Waals surface area contributed by atoms with E-state index >= 15 is 0 Å². The Morgan fingerprint density at radius 2 is 1.90 bits per heavy atom. The van der Waals surface area contributed by atoms with Crippen LogP contribution in [0.4, 0.5) is 8.78 Å². The number of carbonyl (C=O) groups excluding carboxylic acids is 1. The van der Waals surface area contributed by atoms with E-state index in [1.54, 1.807) is 4.90 Å². The quantitative estimate of drug-likeness (QED) is 0.926. The fraction of sp³-hybridized carbons (Fsp3) is 0.562. The fourth-order valence-electron chi connectivity index (χ4n) is 3.02. The highest BCUT2D eigenvalue weighted by atomic mass is 19.1. The highest BCUT2D eigenvalue weighted by Gasteiger charge is 2.32. The van der Waals surface area contributed by atoms with Crippen LogP contribution in [0.15, 0.2) is 18.2 Å². The zero-order chi connectivity index (χ0) is 15.4. The van der Waals surface area contributed by atoms with Gasteiger partial charge in [0.25, 0.3) is 0 Å². The number of halogens is 2. The lowest BCUT2D eigenvalue weighted by molar-refractivity contribution is -0.133. The molecule has 1 amide bonds. The summed E-state index contributed by atoms with van der Waals surface area (Å²) in [5.41, 5.74) is 0.122. The van der Waals surface area contributed by atoms with Crippen LogP contribution >= 0.6 is 0 Å². The second-order valence-electron chi connectivity index (χ2n) is 5.37. The van der Waals surface area contributed by atoms with Crippen molar-refractivity contribution in [2.45, 2.75) is 38.6 Å². The Labute approximate surface area is 124 Å². The molecule has 2 rings (SSSR count). The Hall–Kier alpha value is -1.49. The molecule has 1 fully saturated rings. The van der Waals surface area contributed by atoms with Gasteiger partial charge in [0, 0.05) is 18.7 Å². The molecule has 0 spiro atoms. The maximum absolute atomic E-state index is 13.9. The van der Waals surface area contributed by atoms with E-state index in [1.165, 1.54) is 18.2 Å². The average molecular weight is 296 g/mol. The van der Waals surface area contributed by atoms with Gasteiger partial charge in [0.15, 0.2) is 0 Å². The van der Waals surface area contributed by atoms with Gasteiger partial charge < -0.3 is 10.2 Å². The summed E-state index contributed by atoms with van der Waals surface area (Å²) in [5.74, 6) is -1.27. The molecule has 2 unspecified atom stereocenters. The third-order valence-electron chi connectivity index (χ3n) is 4.18. The molecule has 1 aliphatic heterocycles. The third-order valence-corrected chi connectivity index (χ3v) is 4.18. The first-order chi connectivity index (χ1) is 10.1. The first-order valence-electron chi connectivity index (χ1n) is 7.54. The molecule has 1 aliphatic rings. The number of nitrogens with zero attached hydrogens (tertiary/aromatic N) is 1. The van der Waals surface area contributed by atoms with Gasteiger partial charge in [0.1, 0.15) is 11.6 Å². The van der Waals surface area contributed by atoms with E-state index < -0.39 is 11.6 Å². The van der Waals surface area contributed by atoms with Crippen LogP contribution in [-0.4, -0.2) is 36.5 Å². The van der Waals surface area contributed by atoms with Crippen molar-refractivity contribution >= 4 is 5.91 Å². The molecule has 0 aromatic heterocycles. The minimum absolute atomic E-state index is 0.0152. The minimum atomic E-state index is -0.518. The highest BCUT2D eigenvalue weighted by Crippen LogP contribution is 2.32. The molecule has 0 bridgehead atoms. The standard InChI is InChI=1S/C16H22F2N2O/c1-3-20(4-2)16(21)14-10-11(8-9-19-14)15-12(17)6-5-7-13(15)18/h5-7,11,14,19H,3-4,8-10H2,1-2H3. The molecule has 0 saturated carbocycles. The summed E-state index contributed by atoms with van der Waals surface area (Å²) in [7, 11) is 0. The number of rotatable bonds is 4. The van der Waals surface area contributed by atoms with Gasteiger partial charge in [-0.15, -0.1) is 0 Å². The summed E-state index contributed by atoms with van der Waals surface area (Å²) >= 11 is 0. The number of piperidine rings is 1. The first kappa shape index (κ1) is 15.9. The van der Waals surface area contributed by atoms with Crippen molar-refractivity contribution in [3.8, 4) is 0 Å². The lowest BCUT2D eigenvalue weighted by atomic mass is 9.85. The molecule has 116 valence electrons. The van der Waals surface area contributed by atoms with Crippen LogP contribution in [0.2, 0.25) is 0 Å². The van der Waals surface area contributed by atoms with Gasteiger partial charge in [-0.2, -0.15) is 0 Å². The van der Waals surface area contributed by atoms with Gasteiger partial charge in [-0.1, -0.05) is 6.07 Å². The number of carbonyl (C=O) groups is 1. The van der Waals surface area contributed by atoms with Crippen LogP contribution in [0, 0.1) is 11.6 Å². The minimum Gasteiger partial charge on any atom is -0.342 e. The Morgan fingerprint density at radius 1 is 1.29 bits per heavy atom. The predicted octanol–water partition coefficient (Wildman–Crippen LogP) is 2.67. The Balaban J connectivity index is 2.16. The maximum atomic E-state index is 13.9. The number of likely N-dealkylation sites (N-methyl/N-ethyl adjacent to an activating group) is 1. The summed E-state index contributed by atoms with van der Waals surface area (Å²) in [6, 6.07) is 3.57. The van der Waals surface area contributed by atoms with Gasteiger partial charge in [0.2, 0.25) is 5.91 Å². The largest absolute Gasteiger partial charge is 0.342 e. The normalized spacial score (nSPS) is 22.1. The average Bonchev–Trinajstić information content (AvgIpc) is 2.48. The van der Waals surface area contributed by atoms with Crippen LogP contribution in [-0.2, 0) is 4.79 Å². The second-order valence-corrected chi connectivity index (χ2v) is 5.37. The molecule has 1 N–H and O–H groups in total. The van der Waals surface area contributed by atoms with Crippen LogP contribution < -0.4 is 5.32 Å². The zero-order valence-electron chi connectivity index (χ0n) is 12.5. The highest BCUT2D eigenvalue weighted by molar-refractivity contribution is 5.82. The molecule has 1 aromatic carbocycles. The van der Waals surface area contributed by atoms with Crippen molar-refractivity contribution in [1.82, 2.24) is 10.2 Å². The van der Waals surface area contributed by atoms with Gasteiger partial charge in [0.05, 0.1) is 6.04 Å². The van der Waals surface area contributed by atoms with E-state index in [9.17, 15) is 13.6 Å². The summed E-state index contributed by atoms with van der Waals surface area (Å²) < 4.78 is 27.8. The van der Waals surface area contributed by atoms with Gasteiger partial charge >= 0.3 is 0 Å². The molecule has 21 heavy (non-hydrogen) atoms. The Morgan fingerprint density at radius 3 is 2.48 bits per heavy atom. The number of hydrogen-bond acceptors (Lipinski definition) is 2. The maximum Gasteiger partial charge on any atom is 0.239 e. The van der Waals surface area contributed by atoms with E-state index in [-0.39, 0.29) is 23.4 Å². The Bertz CT molecular complexity index is 483. The Kier molecular flexibility index (Phi) is 5.28. The van der Waals surface area contributed by atoms with Gasteiger partial charge in [-0.25, -0.2) is 8.78 Å². The van der Waals surface area contributed by atoms with E-state index in [0.29, 0.717) is 32.5 Å². The smallest absolute Gasteiger partial charge is 0.239 e. The SMILES string of the molecule is CCN(CC)C(=O)C1CC(c2c(F)cccc2F)CCN1. The summed E-state index contributed by atoms with van der Waals surface area (Å²) in [4.78, 5) is 14.1. The molecule has 1 aromatic rings. The number of amides is 1. The van der Waals surface area contributed by atoms with E-state index in [4.69, 9.17) is 0 Å². The molecule has 5 heteroatoms. The number of benzene rings is 1. The topological polar surface area (TPSA) is 32.3 Å². The molecular formula is C16H22F2N2O.